The fourth-order valence-electron chi connectivity index (χ4n) is 3.02. The van der Waals surface area contributed by atoms with Gasteiger partial charge in [-0.25, -0.2) is 8.42 Å². The zero-order chi connectivity index (χ0) is 14.9. The van der Waals surface area contributed by atoms with Crippen molar-refractivity contribution in [2.24, 2.45) is 5.73 Å². The van der Waals surface area contributed by atoms with Crippen LogP contribution < -0.4 is 5.73 Å². The molecule has 0 fully saturated rings. The van der Waals surface area contributed by atoms with Crippen molar-refractivity contribution in [2.75, 3.05) is 6.54 Å². The van der Waals surface area contributed by atoms with E-state index in [0.717, 1.165) is 24.8 Å². The molecule has 0 amide bonds. The first-order chi connectivity index (χ1) is 10.1. The molecule has 4 heteroatoms. The molecule has 3 rings (SSSR count). The van der Waals surface area contributed by atoms with Crippen molar-refractivity contribution in [1.29, 1.82) is 0 Å². The maximum atomic E-state index is 12.7. The van der Waals surface area contributed by atoms with Crippen molar-refractivity contribution in [1.82, 2.24) is 0 Å². The van der Waals surface area contributed by atoms with Crippen LogP contribution in [-0.4, -0.2) is 15.0 Å². The Bertz CT molecular complexity index is 739. The van der Waals surface area contributed by atoms with Crippen molar-refractivity contribution in [3.8, 4) is 0 Å². The summed E-state index contributed by atoms with van der Waals surface area (Å²) >= 11 is 0. The van der Waals surface area contributed by atoms with Gasteiger partial charge in [0.15, 0.2) is 0 Å². The SMILES string of the molecule is NCC1CCCc2ccc(S(=O)(=O)c3ccccc3)cc21. The van der Waals surface area contributed by atoms with Gasteiger partial charge in [0.05, 0.1) is 9.79 Å². The minimum atomic E-state index is -3.44. The highest BCUT2D eigenvalue weighted by Crippen LogP contribution is 2.33. The van der Waals surface area contributed by atoms with E-state index in [4.69, 9.17) is 5.73 Å². The van der Waals surface area contributed by atoms with E-state index in [1.165, 1.54) is 5.56 Å². The summed E-state index contributed by atoms with van der Waals surface area (Å²) in [5, 5.41) is 0. The summed E-state index contributed by atoms with van der Waals surface area (Å²) < 4.78 is 25.4. The highest BCUT2D eigenvalue weighted by atomic mass is 32.2. The predicted octanol–water partition coefficient (Wildman–Crippen LogP) is 2.90. The van der Waals surface area contributed by atoms with Crippen molar-refractivity contribution >= 4 is 9.84 Å². The Labute approximate surface area is 125 Å². The molecule has 0 bridgehead atoms. The molecule has 2 N–H and O–H groups in total. The zero-order valence-corrected chi connectivity index (χ0v) is 12.6. The largest absolute Gasteiger partial charge is 0.330 e. The van der Waals surface area contributed by atoms with Crippen LogP contribution in [0.15, 0.2) is 58.3 Å². The predicted molar refractivity (Wildman–Crippen MR) is 83.1 cm³/mol. The van der Waals surface area contributed by atoms with E-state index in [9.17, 15) is 8.42 Å². The third kappa shape index (κ3) is 2.61. The number of hydrogen-bond donors (Lipinski definition) is 1. The number of benzene rings is 2. The van der Waals surface area contributed by atoms with Crippen molar-refractivity contribution < 1.29 is 8.42 Å². The van der Waals surface area contributed by atoms with Gasteiger partial charge in [0.1, 0.15) is 0 Å². The van der Waals surface area contributed by atoms with Crippen molar-refractivity contribution in [3.05, 3.63) is 59.7 Å². The van der Waals surface area contributed by atoms with Crippen LogP contribution in [0.3, 0.4) is 0 Å². The molecule has 2 aromatic rings. The maximum absolute atomic E-state index is 12.7. The van der Waals surface area contributed by atoms with Crippen LogP contribution in [-0.2, 0) is 16.3 Å². The molecule has 1 unspecified atom stereocenters. The van der Waals surface area contributed by atoms with E-state index in [1.807, 2.05) is 18.2 Å². The Hall–Kier alpha value is -1.65. The lowest BCUT2D eigenvalue weighted by Crippen LogP contribution is -2.18. The van der Waals surface area contributed by atoms with E-state index < -0.39 is 9.84 Å². The third-order valence-electron chi connectivity index (χ3n) is 4.20. The van der Waals surface area contributed by atoms with Crippen LogP contribution in [0.5, 0.6) is 0 Å². The molecule has 0 heterocycles. The van der Waals surface area contributed by atoms with Crippen molar-refractivity contribution in [3.63, 3.8) is 0 Å². The monoisotopic (exact) mass is 301 g/mol. The maximum Gasteiger partial charge on any atom is 0.206 e. The number of rotatable bonds is 3. The number of aryl methyl sites for hydroxylation is 1. The second kappa shape index (κ2) is 5.62. The molecule has 3 nitrogen and oxygen atoms in total. The number of nitrogens with two attached hydrogens (primary N) is 1. The van der Waals surface area contributed by atoms with Crippen LogP contribution in [0.2, 0.25) is 0 Å². The van der Waals surface area contributed by atoms with Gasteiger partial charge in [0.2, 0.25) is 9.84 Å². The number of hydrogen-bond acceptors (Lipinski definition) is 3. The summed E-state index contributed by atoms with van der Waals surface area (Å²) in [4.78, 5) is 0.706. The van der Waals surface area contributed by atoms with Gasteiger partial charge in [-0.05, 0) is 67.1 Å². The van der Waals surface area contributed by atoms with E-state index in [0.29, 0.717) is 16.3 Å². The second-order valence-electron chi connectivity index (χ2n) is 5.50. The molecule has 0 aliphatic heterocycles. The van der Waals surface area contributed by atoms with Gasteiger partial charge in [0.25, 0.3) is 0 Å². The van der Waals surface area contributed by atoms with Crippen LogP contribution in [0.4, 0.5) is 0 Å². The lowest BCUT2D eigenvalue weighted by molar-refractivity contribution is 0.557. The molecule has 2 aromatic carbocycles. The topological polar surface area (TPSA) is 60.2 Å². The molecule has 0 spiro atoms. The molecule has 0 aromatic heterocycles. The normalized spacial score (nSPS) is 18.2. The van der Waals surface area contributed by atoms with Gasteiger partial charge in [-0.3, -0.25) is 0 Å². The summed E-state index contributed by atoms with van der Waals surface area (Å²) in [6.45, 7) is 0.571. The second-order valence-corrected chi connectivity index (χ2v) is 7.45. The molecule has 1 atom stereocenters. The molecular weight excluding hydrogens is 282 g/mol. The highest BCUT2D eigenvalue weighted by Gasteiger charge is 2.23. The molecule has 0 radical (unpaired) electrons. The molecule has 1 aliphatic rings. The van der Waals surface area contributed by atoms with E-state index in [2.05, 4.69) is 0 Å². The summed E-state index contributed by atoms with van der Waals surface area (Å²) in [6.07, 6.45) is 3.18. The highest BCUT2D eigenvalue weighted by molar-refractivity contribution is 7.91. The summed E-state index contributed by atoms with van der Waals surface area (Å²) in [6, 6.07) is 14.1. The Morgan fingerprint density at radius 3 is 2.52 bits per heavy atom. The minimum Gasteiger partial charge on any atom is -0.330 e. The lowest BCUT2D eigenvalue weighted by atomic mass is 9.83. The average Bonchev–Trinajstić information content (AvgIpc) is 2.54. The number of fused-ring (bicyclic) bond motifs is 1. The summed E-state index contributed by atoms with van der Waals surface area (Å²) in [7, 11) is -3.44. The number of sulfone groups is 1. The minimum absolute atomic E-state index is 0.277. The average molecular weight is 301 g/mol. The van der Waals surface area contributed by atoms with E-state index in [1.54, 1.807) is 30.3 Å². The summed E-state index contributed by atoms with van der Waals surface area (Å²) in [5.41, 5.74) is 8.19. The van der Waals surface area contributed by atoms with Gasteiger partial charge in [-0.15, -0.1) is 0 Å². The Morgan fingerprint density at radius 2 is 1.81 bits per heavy atom. The quantitative estimate of drug-likeness (QED) is 0.948. The van der Waals surface area contributed by atoms with Gasteiger partial charge in [-0.2, -0.15) is 0 Å². The first kappa shape index (κ1) is 14.3. The smallest absolute Gasteiger partial charge is 0.206 e. The fraction of sp³-hybridized carbons (Fsp3) is 0.294. The van der Waals surface area contributed by atoms with Crippen LogP contribution in [0.25, 0.3) is 0 Å². The molecule has 0 saturated heterocycles. The molecule has 1 aliphatic carbocycles. The Balaban J connectivity index is 2.08. The molecular formula is C17H19NO2S. The van der Waals surface area contributed by atoms with Crippen LogP contribution in [0, 0.1) is 0 Å². The summed E-state index contributed by atoms with van der Waals surface area (Å²) in [5.74, 6) is 0.277. The Morgan fingerprint density at radius 1 is 1.05 bits per heavy atom. The van der Waals surface area contributed by atoms with Gasteiger partial charge in [0, 0.05) is 0 Å². The van der Waals surface area contributed by atoms with E-state index in [-0.39, 0.29) is 5.92 Å². The molecule has 110 valence electrons. The standard InChI is InChI=1S/C17H19NO2S/c18-12-14-6-4-5-13-9-10-16(11-17(13)14)21(19,20)15-7-2-1-3-8-15/h1-3,7-11,14H,4-6,12,18H2. The third-order valence-corrected chi connectivity index (χ3v) is 5.97. The first-order valence-corrected chi connectivity index (χ1v) is 8.74. The molecule has 21 heavy (non-hydrogen) atoms. The molecule has 0 saturated carbocycles. The first-order valence-electron chi connectivity index (χ1n) is 7.26. The lowest BCUT2D eigenvalue weighted by Gasteiger charge is -2.25. The van der Waals surface area contributed by atoms with Crippen LogP contribution in [0.1, 0.15) is 29.9 Å². The van der Waals surface area contributed by atoms with Gasteiger partial charge >= 0.3 is 0 Å². The zero-order valence-electron chi connectivity index (χ0n) is 11.8. The van der Waals surface area contributed by atoms with Crippen LogP contribution >= 0.6 is 0 Å². The van der Waals surface area contributed by atoms with Gasteiger partial charge in [-0.1, -0.05) is 24.3 Å². The van der Waals surface area contributed by atoms with Gasteiger partial charge < -0.3 is 5.73 Å². The van der Waals surface area contributed by atoms with E-state index >= 15 is 0 Å². The Kier molecular flexibility index (Phi) is 3.83. The van der Waals surface area contributed by atoms with Crippen molar-refractivity contribution in [2.45, 2.75) is 35.0 Å². The fourth-order valence-corrected chi connectivity index (χ4v) is 4.34.